The monoisotopic (exact) mass is 150 g/mol. The largest absolute Gasteiger partial charge is 0.332 e. The molecule has 0 N–H and O–H groups in total. The first-order valence-electron chi connectivity index (χ1n) is 4.33. The second-order valence-corrected chi connectivity index (χ2v) is 3.52. The van der Waals surface area contributed by atoms with E-state index in [9.17, 15) is 0 Å². The van der Waals surface area contributed by atoms with Crippen molar-refractivity contribution in [3.63, 3.8) is 0 Å². The molecule has 0 radical (unpaired) electrons. The molecular formula is C9H14N2. The number of fused-ring (bicyclic) bond motifs is 1. The van der Waals surface area contributed by atoms with Gasteiger partial charge in [-0.05, 0) is 12.8 Å². The van der Waals surface area contributed by atoms with E-state index in [0.29, 0.717) is 5.92 Å². The van der Waals surface area contributed by atoms with E-state index < -0.39 is 0 Å². The van der Waals surface area contributed by atoms with Gasteiger partial charge in [-0.1, -0.05) is 13.8 Å². The van der Waals surface area contributed by atoms with Crippen LogP contribution in [0.25, 0.3) is 0 Å². The standard InChI is InChI=1S/C9H14N2/c1-7(2)9-10-6-8-4-3-5-11(8)9/h6-7H,3-5H2,1-2H3. The van der Waals surface area contributed by atoms with Crippen molar-refractivity contribution >= 4 is 0 Å². The fraction of sp³-hybridized carbons (Fsp3) is 0.667. The van der Waals surface area contributed by atoms with Crippen LogP contribution in [-0.4, -0.2) is 9.55 Å². The van der Waals surface area contributed by atoms with Crippen LogP contribution in [0.1, 0.15) is 37.7 Å². The van der Waals surface area contributed by atoms with E-state index in [-0.39, 0.29) is 0 Å². The average Bonchev–Trinajstić information content (AvgIpc) is 2.41. The molecule has 2 rings (SSSR count). The topological polar surface area (TPSA) is 17.8 Å². The van der Waals surface area contributed by atoms with Crippen LogP contribution >= 0.6 is 0 Å². The maximum absolute atomic E-state index is 4.40. The molecule has 0 unspecified atom stereocenters. The molecule has 0 fully saturated rings. The molecule has 0 saturated carbocycles. The van der Waals surface area contributed by atoms with Crippen LogP contribution in [0.4, 0.5) is 0 Å². The molecule has 1 aromatic rings. The van der Waals surface area contributed by atoms with Gasteiger partial charge < -0.3 is 4.57 Å². The van der Waals surface area contributed by atoms with Crippen molar-refractivity contribution in [2.75, 3.05) is 0 Å². The number of hydrogen-bond donors (Lipinski definition) is 0. The van der Waals surface area contributed by atoms with Crippen molar-refractivity contribution in [2.45, 2.75) is 39.2 Å². The van der Waals surface area contributed by atoms with Gasteiger partial charge in [0, 0.05) is 24.4 Å². The van der Waals surface area contributed by atoms with E-state index >= 15 is 0 Å². The Morgan fingerprint density at radius 1 is 1.55 bits per heavy atom. The first-order chi connectivity index (χ1) is 5.29. The molecule has 0 bridgehead atoms. The predicted octanol–water partition coefficient (Wildman–Crippen LogP) is 1.95. The summed E-state index contributed by atoms with van der Waals surface area (Å²) in [4.78, 5) is 4.40. The fourth-order valence-corrected chi connectivity index (χ4v) is 1.76. The van der Waals surface area contributed by atoms with E-state index in [4.69, 9.17) is 0 Å². The summed E-state index contributed by atoms with van der Waals surface area (Å²) >= 11 is 0. The number of imidazole rings is 1. The highest BCUT2D eigenvalue weighted by Crippen LogP contribution is 2.21. The van der Waals surface area contributed by atoms with Crippen LogP contribution in [0.15, 0.2) is 6.20 Å². The molecule has 0 amide bonds. The van der Waals surface area contributed by atoms with Gasteiger partial charge in [0.2, 0.25) is 0 Å². The summed E-state index contributed by atoms with van der Waals surface area (Å²) in [7, 11) is 0. The van der Waals surface area contributed by atoms with Crippen LogP contribution in [0.5, 0.6) is 0 Å². The van der Waals surface area contributed by atoms with E-state index in [1.54, 1.807) is 0 Å². The highest BCUT2D eigenvalue weighted by molar-refractivity contribution is 5.11. The average molecular weight is 150 g/mol. The molecule has 0 aliphatic carbocycles. The van der Waals surface area contributed by atoms with Crippen molar-refractivity contribution in [2.24, 2.45) is 0 Å². The number of rotatable bonds is 1. The van der Waals surface area contributed by atoms with Crippen LogP contribution in [0.2, 0.25) is 0 Å². The van der Waals surface area contributed by atoms with Gasteiger partial charge in [0.15, 0.2) is 0 Å². The summed E-state index contributed by atoms with van der Waals surface area (Å²) < 4.78 is 2.37. The first-order valence-corrected chi connectivity index (χ1v) is 4.33. The molecule has 2 heterocycles. The lowest BCUT2D eigenvalue weighted by Crippen LogP contribution is -2.02. The Morgan fingerprint density at radius 2 is 2.36 bits per heavy atom. The number of hydrogen-bond acceptors (Lipinski definition) is 1. The maximum atomic E-state index is 4.40. The van der Waals surface area contributed by atoms with Gasteiger partial charge in [-0.3, -0.25) is 0 Å². The zero-order valence-electron chi connectivity index (χ0n) is 7.17. The van der Waals surface area contributed by atoms with Gasteiger partial charge in [0.25, 0.3) is 0 Å². The highest BCUT2D eigenvalue weighted by atomic mass is 15.1. The van der Waals surface area contributed by atoms with Gasteiger partial charge in [0.05, 0.1) is 0 Å². The van der Waals surface area contributed by atoms with Gasteiger partial charge in [-0.25, -0.2) is 4.98 Å². The van der Waals surface area contributed by atoms with Crippen molar-refractivity contribution in [1.29, 1.82) is 0 Å². The minimum Gasteiger partial charge on any atom is -0.332 e. The molecule has 2 heteroatoms. The third-order valence-corrected chi connectivity index (χ3v) is 2.30. The smallest absolute Gasteiger partial charge is 0.111 e. The van der Waals surface area contributed by atoms with Crippen LogP contribution in [-0.2, 0) is 13.0 Å². The molecule has 0 saturated heterocycles. The Hall–Kier alpha value is -0.790. The lowest BCUT2D eigenvalue weighted by Gasteiger charge is -2.06. The predicted molar refractivity (Wildman–Crippen MR) is 44.6 cm³/mol. The van der Waals surface area contributed by atoms with Crippen LogP contribution in [0, 0.1) is 0 Å². The molecule has 0 aromatic carbocycles. The van der Waals surface area contributed by atoms with E-state index in [2.05, 4.69) is 23.4 Å². The van der Waals surface area contributed by atoms with Crippen molar-refractivity contribution in [3.8, 4) is 0 Å². The van der Waals surface area contributed by atoms with Crippen molar-refractivity contribution in [3.05, 3.63) is 17.7 Å². The SMILES string of the molecule is CC(C)c1ncc2n1CCC2. The summed E-state index contributed by atoms with van der Waals surface area (Å²) in [6.07, 6.45) is 4.56. The van der Waals surface area contributed by atoms with Crippen LogP contribution in [0.3, 0.4) is 0 Å². The second-order valence-electron chi connectivity index (χ2n) is 3.52. The molecule has 1 aliphatic heterocycles. The molecule has 0 atom stereocenters. The maximum Gasteiger partial charge on any atom is 0.111 e. The van der Waals surface area contributed by atoms with Gasteiger partial charge in [-0.15, -0.1) is 0 Å². The van der Waals surface area contributed by atoms with Gasteiger partial charge in [0.1, 0.15) is 5.82 Å². The third-order valence-electron chi connectivity index (χ3n) is 2.30. The van der Waals surface area contributed by atoms with Gasteiger partial charge in [-0.2, -0.15) is 0 Å². The lowest BCUT2D eigenvalue weighted by atomic mass is 10.2. The third kappa shape index (κ3) is 0.971. The van der Waals surface area contributed by atoms with Crippen molar-refractivity contribution in [1.82, 2.24) is 9.55 Å². The van der Waals surface area contributed by atoms with Crippen molar-refractivity contribution < 1.29 is 0 Å². The summed E-state index contributed by atoms with van der Waals surface area (Å²) in [5, 5.41) is 0. The molecule has 1 aromatic heterocycles. The second kappa shape index (κ2) is 2.36. The Labute approximate surface area is 67.3 Å². The molecule has 11 heavy (non-hydrogen) atoms. The van der Waals surface area contributed by atoms with E-state index in [0.717, 1.165) is 0 Å². The number of aromatic nitrogens is 2. The quantitative estimate of drug-likeness (QED) is 0.598. The summed E-state index contributed by atoms with van der Waals surface area (Å²) in [5.74, 6) is 1.83. The Kier molecular flexibility index (Phi) is 1.48. The molecule has 1 aliphatic rings. The molecule has 0 spiro atoms. The summed E-state index contributed by atoms with van der Waals surface area (Å²) in [6, 6.07) is 0. The molecule has 60 valence electrons. The summed E-state index contributed by atoms with van der Waals surface area (Å²) in [6.45, 7) is 5.59. The number of aryl methyl sites for hydroxylation is 1. The molecular weight excluding hydrogens is 136 g/mol. The Morgan fingerprint density at radius 3 is 3.09 bits per heavy atom. The summed E-state index contributed by atoms with van der Waals surface area (Å²) in [5.41, 5.74) is 1.42. The zero-order chi connectivity index (χ0) is 7.84. The zero-order valence-corrected chi connectivity index (χ0v) is 7.17. The Balaban J connectivity index is 2.42. The normalized spacial score (nSPS) is 15.9. The molecule has 2 nitrogen and oxygen atoms in total. The minimum absolute atomic E-state index is 0.571. The van der Waals surface area contributed by atoms with E-state index in [1.807, 2.05) is 6.20 Å². The first kappa shape index (κ1) is 6.89. The van der Waals surface area contributed by atoms with Crippen LogP contribution < -0.4 is 0 Å². The Bertz CT molecular complexity index is 261. The minimum atomic E-state index is 0.571. The van der Waals surface area contributed by atoms with E-state index in [1.165, 1.54) is 30.9 Å². The number of nitrogens with zero attached hydrogens (tertiary/aromatic N) is 2. The fourth-order valence-electron chi connectivity index (χ4n) is 1.76. The lowest BCUT2D eigenvalue weighted by molar-refractivity contribution is 0.648. The highest BCUT2D eigenvalue weighted by Gasteiger charge is 2.16. The van der Waals surface area contributed by atoms with Gasteiger partial charge >= 0.3 is 0 Å².